The van der Waals surface area contributed by atoms with Crippen LogP contribution >= 0.6 is 11.6 Å². The van der Waals surface area contributed by atoms with Crippen molar-refractivity contribution in [2.24, 2.45) is 0 Å². The largest absolute Gasteiger partial charge is 0.481 e. The normalized spacial score (nSPS) is 10.7. The maximum absolute atomic E-state index is 11.1. The number of aromatic amines is 1. The lowest BCUT2D eigenvalue weighted by Gasteiger charge is -2.07. The highest BCUT2D eigenvalue weighted by Crippen LogP contribution is 2.35. The van der Waals surface area contributed by atoms with Crippen molar-refractivity contribution in [2.45, 2.75) is 19.3 Å². The molecule has 0 aliphatic carbocycles. The number of aromatic nitrogens is 1. The van der Waals surface area contributed by atoms with E-state index in [0.717, 1.165) is 44.5 Å². The average molecular weight is 430 g/mol. The quantitative estimate of drug-likeness (QED) is 0.232. The molecule has 0 aliphatic heterocycles. The second-order valence-electron chi connectivity index (χ2n) is 7.31. The fourth-order valence-corrected chi connectivity index (χ4v) is 3.93. The number of fused-ring (bicyclic) bond motifs is 1. The van der Waals surface area contributed by atoms with Crippen LogP contribution in [0.4, 0.5) is 5.69 Å². The van der Waals surface area contributed by atoms with Gasteiger partial charge in [0.15, 0.2) is 6.19 Å². The Morgan fingerprint density at radius 2 is 1.77 bits per heavy atom. The van der Waals surface area contributed by atoms with Gasteiger partial charge in [0.05, 0.1) is 0 Å². The second-order valence-corrected chi connectivity index (χ2v) is 7.75. The zero-order chi connectivity index (χ0) is 21.8. The number of carboxylic acid groups (broad SMARTS) is 1. The van der Waals surface area contributed by atoms with E-state index < -0.39 is 5.97 Å². The van der Waals surface area contributed by atoms with Gasteiger partial charge in [-0.3, -0.25) is 10.1 Å². The predicted octanol–water partition coefficient (Wildman–Crippen LogP) is 6.46. The standard InChI is InChI=1S/C25H20ClN3O2/c26-19-10-7-16(8-11-19)25-21(5-2-6-24(30)31)22-14-18(9-12-23(22)29-25)17-3-1-4-20(13-17)28-15-27/h1,3-4,7-14,28-29H,2,5-6H2,(H,30,31). The molecule has 0 saturated carbocycles. The maximum atomic E-state index is 11.1. The molecule has 0 fully saturated rings. The van der Waals surface area contributed by atoms with Crippen LogP contribution in [0.2, 0.25) is 5.02 Å². The highest BCUT2D eigenvalue weighted by molar-refractivity contribution is 6.30. The number of halogens is 1. The highest BCUT2D eigenvalue weighted by atomic mass is 35.5. The van der Waals surface area contributed by atoms with Crippen LogP contribution in [0.15, 0.2) is 66.7 Å². The Morgan fingerprint density at radius 1 is 1.03 bits per heavy atom. The molecule has 31 heavy (non-hydrogen) atoms. The van der Waals surface area contributed by atoms with Crippen LogP contribution in [-0.4, -0.2) is 16.1 Å². The molecule has 3 N–H and O–H groups in total. The summed E-state index contributed by atoms with van der Waals surface area (Å²) in [4.78, 5) is 14.6. The van der Waals surface area contributed by atoms with E-state index in [-0.39, 0.29) is 6.42 Å². The van der Waals surface area contributed by atoms with Crippen molar-refractivity contribution in [1.82, 2.24) is 4.98 Å². The van der Waals surface area contributed by atoms with Gasteiger partial charge in [-0.1, -0.05) is 41.9 Å². The summed E-state index contributed by atoms with van der Waals surface area (Å²) in [7, 11) is 0. The van der Waals surface area contributed by atoms with Crippen LogP contribution in [0.25, 0.3) is 33.3 Å². The third-order valence-electron chi connectivity index (χ3n) is 5.25. The second kappa shape index (κ2) is 8.95. The first kappa shape index (κ1) is 20.5. The third-order valence-corrected chi connectivity index (χ3v) is 5.50. The average Bonchev–Trinajstić information content (AvgIpc) is 3.12. The van der Waals surface area contributed by atoms with Crippen molar-refractivity contribution >= 4 is 34.2 Å². The molecular formula is C25H20ClN3O2. The number of carbonyl (C=O) groups is 1. The SMILES string of the molecule is N#CNc1cccc(-c2ccc3[nH]c(-c4ccc(Cl)cc4)c(CCCC(=O)O)c3c2)c1. The number of nitrogens with one attached hydrogen (secondary N) is 2. The molecule has 1 heterocycles. The summed E-state index contributed by atoms with van der Waals surface area (Å²) in [6, 6.07) is 21.5. The summed E-state index contributed by atoms with van der Waals surface area (Å²) >= 11 is 6.06. The maximum Gasteiger partial charge on any atom is 0.303 e. The summed E-state index contributed by atoms with van der Waals surface area (Å²) in [6.45, 7) is 0. The van der Waals surface area contributed by atoms with Crippen molar-refractivity contribution in [1.29, 1.82) is 5.26 Å². The number of hydrogen-bond acceptors (Lipinski definition) is 3. The van der Waals surface area contributed by atoms with Gasteiger partial charge < -0.3 is 10.1 Å². The van der Waals surface area contributed by atoms with E-state index in [1.807, 2.05) is 66.9 Å². The van der Waals surface area contributed by atoms with Crippen LogP contribution in [0.5, 0.6) is 0 Å². The molecule has 0 saturated heterocycles. The van der Waals surface area contributed by atoms with Crippen molar-refractivity contribution in [3.63, 3.8) is 0 Å². The van der Waals surface area contributed by atoms with Crippen LogP contribution in [0, 0.1) is 11.5 Å². The number of nitriles is 1. The van der Waals surface area contributed by atoms with Crippen LogP contribution in [0.1, 0.15) is 18.4 Å². The van der Waals surface area contributed by atoms with Gasteiger partial charge in [-0.2, -0.15) is 5.26 Å². The molecular weight excluding hydrogens is 410 g/mol. The number of carboxylic acids is 1. The molecule has 4 rings (SSSR count). The van der Waals surface area contributed by atoms with Crippen molar-refractivity contribution in [3.05, 3.63) is 77.3 Å². The zero-order valence-corrected chi connectivity index (χ0v) is 17.4. The first-order valence-corrected chi connectivity index (χ1v) is 10.3. The lowest BCUT2D eigenvalue weighted by molar-refractivity contribution is -0.137. The van der Waals surface area contributed by atoms with Crippen LogP contribution in [-0.2, 0) is 11.2 Å². The Hall–Kier alpha value is -3.75. The molecule has 0 atom stereocenters. The van der Waals surface area contributed by atoms with E-state index in [4.69, 9.17) is 22.0 Å². The van der Waals surface area contributed by atoms with E-state index in [1.54, 1.807) is 0 Å². The summed E-state index contributed by atoms with van der Waals surface area (Å²) in [5.74, 6) is -0.796. The summed E-state index contributed by atoms with van der Waals surface area (Å²) in [5, 5.41) is 22.4. The van der Waals surface area contributed by atoms with Crippen molar-refractivity contribution in [3.8, 4) is 28.6 Å². The monoisotopic (exact) mass is 429 g/mol. The van der Waals surface area contributed by atoms with Gasteiger partial charge in [0.1, 0.15) is 0 Å². The highest BCUT2D eigenvalue weighted by Gasteiger charge is 2.15. The van der Waals surface area contributed by atoms with Gasteiger partial charge in [0.2, 0.25) is 0 Å². The number of rotatable bonds is 7. The van der Waals surface area contributed by atoms with Gasteiger partial charge in [-0.25, -0.2) is 0 Å². The topological polar surface area (TPSA) is 88.9 Å². The minimum absolute atomic E-state index is 0.119. The molecule has 4 aromatic rings. The Labute approximate surface area is 184 Å². The molecule has 0 unspecified atom stereocenters. The van der Waals surface area contributed by atoms with E-state index in [0.29, 0.717) is 17.9 Å². The molecule has 6 heteroatoms. The first-order valence-electron chi connectivity index (χ1n) is 9.93. The molecule has 154 valence electrons. The molecule has 5 nitrogen and oxygen atoms in total. The molecule has 3 aromatic carbocycles. The van der Waals surface area contributed by atoms with Gasteiger partial charge in [0.25, 0.3) is 0 Å². The van der Waals surface area contributed by atoms with Gasteiger partial charge in [0, 0.05) is 33.7 Å². The lowest BCUT2D eigenvalue weighted by atomic mass is 9.97. The van der Waals surface area contributed by atoms with E-state index in [9.17, 15) is 4.79 Å². The number of nitrogens with zero attached hydrogens (tertiary/aromatic N) is 1. The molecule has 1 aromatic heterocycles. The van der Waals surface area contributed by atoms with E-state index in [2.05, 4.69) is 16.4 Å². The Kier molecular flexibility index (Phi) is 5.92. The minimum atomic E-state index is -0.796. The Bertz CT molecular complexity index is 1290. The first-order chi connectivity index (χ1) is 15.0. The summed E-state index contributed by atoms with van der Waals surface area (Å²) in [5.41, 5.74) is 6.82. The number of hydrogen-bond donors (Lipinski definition) is 3. The van der Waals surface area contributed by atoms with Crippen molar-refractivity contribution < 1.29 is 9.90 Å². The molecule has 0 bridgehead atoms. The summed E-state index contributed by atoms with van der Waals surface area (Å²) < 4.78 is 0. The Balaban J connectivity index is 1.81. The van der Waals surface area contributed by atoms with Crippen LogP contribution < -0.4 is 5.32 Å². The fourth-order valence-electron chi connectivity index (χ4n) is 3.81. The van der Waals surface area contributed by atoms with Crippen molar-refractivity contribution in [2.75, 3.05) is 5.32 Å². The molecule has 0 aliphatic rings. The van der Waals surface area contributed by atoms with Gasteiger partial charge >= 0.3 is 5.97 Å². The smallest absolute Gasteiger partial charge is 0.303 e. The third kappa shape index (κ3) is 4.55. The van der Waals surface area contributed by atoms with Gasteiger partial charge in [-0.05, 0) is 71.5 Å². The summed E-state index contributed by atoms with van der Waals surface area (Å²) in [6.07, 6.45) is 3.26. The fraction of sp³-hybridized carbons (Fsp3) is 0.120. The molecule has 0 amide bonds. The molecule has 0 spiro atoms. The van der Waals surface area contributed by atoms with Crippen LogP contribution in [0.3, 0.4) is 0 Å². The number of H-pyrrole nitrogens is 1. The number of aliphatic carboxylic acids is 1. The van der Waals surface area contributed by atoms with E-state index >= 15 is 0 Å². The van der Waals surface area contributed by atoms with E-state index in [1.165, 1.54) is 0 Å². The molecule has 0 radical (unpaired) electrons. The zero-order valence-electron chi connectivity index (χ0n) is 16.7. The predicted molar refractivity (Wildman–Crippen MR) is 124 cm³/mol. The lowest BCUT2D eigenvalue weighted by Crippen LogP contribution is -1.96. The number of benzene rings is 3. The minimum Gasteiger partial charge on any atom is -0.481 e. The number of aryl methyl sites for hydroxylation is 1. The van der Waals surface area contributed by atoms with Gasteiger partial charge in [-0.15, -0.1) is 0 Å². The number of anilines is 1. The Morgan fingerprint density at radius 3 is 2.52 bits per heavy atom.